The highest BCUT2D eigenvalue weighted by atomic mass is 32.3. The summed E-state index contributed by atoms with van der Waals surface area (Å²) < 4.78 is 86.0. The number of ether oxygens (including phenoxy) is 4. The molecule has 274 valence electrons. The quantitative estimate of drug-likeness (QED) is 0.0705. The minimum absolute atomic E-state index is 0.00140. The van der Waals surface area contributed by atoms with Gasteiger partial charge in [-0.05, 0) is 48.9 Å². The molecule has 2 unspecified atom stereocenters. The summed E-state index contributed by atoms with van der Waals surface area (Å²) >= 11 is 0. The van der Waals surface area contributed by atoms with Gasteiger partial charge in [-0.25, -0.2) is 20.2 Å². The lowest BCUT2D eigenvalue weighted by Gasteiger charge is -2.30. The Labute approximate surface area is 304 Å². The molecule has 0 bridgehead atoms. The average molecular weight is 751 g/mol. The first-order valence-electron chi connectivity index (χ1n) is 15.8. The van der Waals surface area contributed by atoms with Crippen LogP contribution in [-0.2, 0) is 32.4 Å². The zero-order valence-corrected chi connectivity index (χ0v) is 29.6. The van der Waals surface area contributed by atoms with E-state index in [1.165, 1.54) is 12.1 Å². The van der Waals surface area contributed by atoms with E-state index in [0.29, 0.717) is 0 Å². The molecule has 0 amide bonds. The molecule has 0 aromatic heterocycles. The molecule has 14 nitrogen and oxygen atoms in total. The Morgan fingerprint density at radius 3 is 1.42 bits per heavy atom. The van der Waals surface area contributed by atoms with E-state index in [2.05, 4.69) is 9.69 Å². The van der Waals surface area contributed by atoms with Gasteiger partial charge in [-0.2, -0.15) is 8.42 Å². The maximum absolute atomic E-state index is 11.9. The highest BCUT2D eigenvalue weighted by Crippen LogP contribution is 2.42. The molecule has 0 aliphatic rings. The van der Waals surface area contributed by atoms with Crippen LogP contribution in [0.1, 0.15) is 24.0 Å². The van der Waals surface area contributed by atoms with Gasteiger partial charge in [0, 0.05) is 23.7 Å². The first-order valence-corrected chi connectivity index (χ1v) is 18.9. The fraction of sp³-hybridized carbons (Fsp3) is 0.333. The topological polar surface area (TPSA) is 208 Å². The van der Waals surface area contributed by atoms with Crippen molar-refractivity contribution in [1.82, 2.24) is 0 Å². The second-order valence-corrected chi connectivity index (χ2v) is 14.7. The monoisotopic (exact) mass is 750 g/mol. The van der Waals surface area contributed by atoms with Gasteiger partial charge in [-0.15, -0.1) is 0 Å². The van der Waals surface area contributed by atoms with Crippen LogP contribution in [0, 0.1) is 35.8 Å². The molecule has 0 spiro atoms. The third-order valence-electron chi connectivity index (χ3n) is 7.65. The molecule has 0 saturated carbocycles. The average Bonchev–Trinajstić information content (AvgIpc) is 3.12. The van der Waals surface area contributed by atoms with Gasteiger partial charge in [0.2, 0.25) is 0 Å². The number of hydrogen-bond acceptors (Lipinski definition) is 11. The molecule has 3 aromatic carbocycles. The van der Waals surface area contributed by atoms with Crippen molar-refractivity contribution in [3.63, 3.8) is 0 Å². The maximum atomic E-state index is 11.9. The summed E-state index contributed by atoms with van der Waals surface area (Å²) in [6.07, 6.45) is 0.456. The molecule has 3 rings (SSSR count). The number of rotatable bonds is 20. The van der Waals surface area contributed by atoms with Crippen LogP contribution >= 0.6 is 10.9 Å². The van der Waals surface area contributed by atoms with Gasteiger partial charge in [0.1, 0.15) is 24.7 Å². The summed E-state index contributed by atoms with van der Waals surface area (Å²) in [5.41, 5.74) is 0.848. The molecule has 52 heavy (non-hydrogen) atoms. The second kappa shape index (κ2) is 20.8. The lowest BCUT2D eigenvalue weighted by atomic mass is 10.1. The highest BCUT2D eigenvalue weighted by Gasteiger charge is 2.27. The third-order valence-corrected chi connectivity index (χ3v) is 10.2. The van der Waals surface area contributed by atoms with Gasteiger partial charge in [-0.1, -0.05) is 60.7 Å². The predicted octanol–water partition coefficient (Wildman–Crippen LogP) is 4.69. The molecule has 0 fully saturated rings. The zero-order valence-electron chi connectivity index (χ0n) is 28.0. The molecule has 0 radical (unpaired) electrons. The normalized spacial score (nSPS) is 14.0. The van der Waals surface area contributed by atoms with Crippen molar-refractivity contribution in [1.29, 1.82) is 10.5 Å². The number of benzene rings is 3. The Morgan fingerprint density at radius 1 is 0.654 bits per heavy atom. The molecule has 0 heterocycles. The smallest absolute Gasteiger partial charge is 0.272 e. The van der Waals surface area contributed by atoms with Crippen LogP contribution in [0.4, 0.5) is 0 Å². The van der Waals surface area contributed by atoms with Crippen LogP contribution in [0.3, 0.4) is 0 Å². The van der Waals surface area contributed by atoms with Crippen molar-refractivity contribution in [2.24, 2.45) is 0 Å². The Bertz CT molecular complexity index is 2000. The van der Waals surface area contributed by atoms with E-state index in [1.807, 2.05) is 6.07 Å². The Balaban J connectivity index is 1.66. The second-order valence-electron chi connectivity index (χ2n) is 11.2. The van der Waals surface area contributed by atoms with Crippen molar-refractivity contribution < 1.29 is 45.6 Å². The number of nitrogens with zero attached hydrogens (tertiary/aromatic N) is 4. The van der Waals surface area contributed by atoms with Gasteiger partial charge >= 0.3 is 0 Å². The van der Waals surface area contributed by atoms with Crippen LogP contribution < -0.4 is 19.9 Å². The summed E-state index contributed by atoms with van der Waals surface area (Å²) in [7, 11) is -8.20. The van der Waals surface area contributed by atoms with Crippen LogP contribution in [0.15, 0.2) is 72.8 Å². The molecular formula is C36H38N4O10S2. The Morgan fingerprint density at radius 2 is 1.06 bits per heavy atom. The lowest BCUT2D eigenvalue weighted by molar-refractivity contribution is 0.0954. The summed E-state index contributed by atoms with van der Waals surface area (Å²) in [6, 6.07) is 24.1. The molecule has 4 N–H and O–H groups in total. The van der Waals surface area contributed by atoms with E-state index < -0.39 is 31.5 Å². The van der Waals surface area contributed by atoms with Crippen LogP contribution in [0.25, 0.3) is 21.1 Å². The first kappa shape index (κ1) is 41.4. The van der Waals surface area contributed by atoms with E-state index in [4.69, 9.17) is 32.1 Å². The largest absolute Gasteiger partial charge is 0.492 e. The predicted molar refractivity (Wildman–Crippen MR) is 194 cm³/mol. The van der Waals surface area contributed by atoms with Crippen LogP contribution in [0.5, 0.6) is 11.5 Å². The molecule has 0 aliphatic heterocycles. The van der Waals surface area contributed by atoms with E-state index in [9.17, 15) is 37.2 Å². The SMILES string of the molecule is [C-]#[N+]/C(C#N)=c1/cc(OCCOCCC(Cc2ccccc2)S(=O)(=O)O)/c(=C(\C#N)[N+]#[C-])cc1OCCOCCC(Cc1ccccc1)S(O)(O)O. The summed E-state index contributed by atoms with van der Waals surface area (Å²) in [6.45, 7) is 14.7. The number of nitriles is 2. The van der Waals surface area contributed by atoms with Crippen molar-refractivity contribution in [2.45, 2.75) is 36.2 Å². The molecule has 16 heteroatoms. The fourth-order valence-electron chi connectivity index (χ4n) is 5.00. The summed E-state index contributed by atoms with van der Waals surface area (Å²) in [5.74, 6) is 0.00537. The molecular weight excluding hydrogens is 713 g/mol. The van der Waals surface area contributed by atoms with E-state index in [1.54, 1.807) is 66.7 Å². The number of hydrogen-bond donors (Lipinski definition) is 4. The van der Waals surface area contributed by atoms with Crippen LogP contribution in [-0.4, -0.2) is 76.8 Å². The molecule has 0 saturated heterocycles. The van der Waals surface area contributed by atoms with E-state index >= 15 is 0 Å². The van der Waals surface area contributed by atoms with Crippen LogP contribution in [0.2, 0.25) is 0 Å². The van der Waals surface area contributed by atoms with E-state index in [-0.39, 0.29) is 98.7 Å². The van der Waals surface area contributed by atoms with Crippen molar-refractivity contribution in [3.05, 3.63) is 117 Å². The van der Waals surface area contributed by atoms with Gasteiger partial charge in [0.25, 0.3) is 21.5 Å². The van der Waals surface area contributed by atoms with Gasteiger partial charge in [-0.3, -0.25) is 4.55 Å². The van der Waals surface area contributed by atoms with E-state index in [0.717, 1.165) is 11.1 Å². The lowest BCUT2D eigenvalue weighted by Crippen LogP contribution is -2.25. The van der Waals surface area contributed by atoms with Crippen molar-refractivity contribution in [3.8, 4) is 23.6 Å². The van der Waals surface area contributed by atoms with Gasteiger partial charge < -0.3 is 32.6 Å². The zero-order chi connectivity index (χ0) is 38.0. The van der Waals surface area contributed by atoms with Crippen molar-refractivity contribution >= 4 is 32.4 Å². The fourth-order valence-corrected chi connectivity index (χ4v) is 6.62. The minimum Gasteiger partial charge on any atom is -0.492 e. The Hall–Kier alpha value is -4.98. The van der Waals surface area contributed by atoms with Gasteiger partial charge in [0.05, 0.1) is 59.9 Å². The maximum Gasteiger partial charge on any atom is 0.272 e. The Kier molecular flexibility index (Phi) is 16.5. The first-order chi connectivity index (χ1) is 24.9. The molecule has 2 atom stereocenters. The summed E-state index contributed by atoms with van der Waals surface area (Å²) in [4.78, 5) is 6.52. The molecule has 3 aromatic rings. The summed E-state index contributed by atoms with van der Waals surface area (Å²) in [5, 5.41) is 17.4. The highest BCUT2D eigenvalue weighted by molar-refractivity contribution is 8.19. The third kappa shape index (κ3) is 13.3. The van der Waals surface area contributed by atoms with Gasteiger partial charge in [0.15, 0.2) is 0 Å². The van der Waals surface area contributed by atoms with Crippen molar-refractivity contribution in [2.75, 3.05) is 39.6 Å². The standard InChI is InChI=1S/C36H38N4O10S2/c1-39-33(25-37)31-23-36(50-20-18-48-16-14-30(52(44,45)46)22-28-11-7-4-8-12-28)32(34(26-38)40-2)24-35(31)49-19-17-47-15-13-29(51(41,42)43)21-27-9-5-3-6-10-27/h3-12,23-24,29-30,41-43H,13-22H2,(H,44,45,46)/b33-31-,34-32+. The molecule has 0 aliphatic carbocycles. The minimum atomic E-state index is -4.35.